The number of aromatic nitrogens is 3. The van der Waals surface area contributed by atoms with Crippen molar-refractivity contribution in [2.24, 2.45) is 11.7 Å². The molecule has 0 radical (unpaired) electrons. The van der Waals surface area contributed by atoms with E-state index in [4.69, 9.17) is 28.9 Å². The number of nitrogens with two attached hydrogens (primary N) is 1. The number of carbonyl (C=O) groups is 1. The normalized spacial score (nSPS) is 23.5. The molecule has 1 aliphatic heterocycles. The van der Waals surface area contributed by atoms with E-state index in [9.17, 15) is 26.7 Å². The van der Waals surface area contributed by atoms with Crippen LogP contribution in [0.3, 0.4) is 0 Å². The van der Waals surface area contributed by atoms with Gasteiger partial charge < -0.3 is 26.7 Å². The molecule has 8 nitrogen and oxygen atoms in total. The summed E-state index contributed by atoms with van der Waals surface area (Å²) in [5.41, 5.74) is 6.94. The standard InChI is InChI=1S/C26H28Cl2F5N7O/c27-19-11(10-34)7-16(30)20(28)22(19)39-25-37-18-9-15(21(38-23(18)40-25)17-8-13(29)5-6-35-17)24(41)36-14-3-1-12(2-4-14)26(31,32)33/h7,9,12-14,17,35H,1-6,8,10,34H2,(H,36,41)(H2,37,38,39,40). The maximum atomic E-state index is 14.4. The summed E-state index contributed by atoms with van der Waals surface area (Å²) in [4.78, 5) is 25.4. The number of amides is 1. The second-order valence-corrected chi connectivity index (χ2v) is 11.2. The fraction of sp³-hybridized carbons (Fsp3) is 0.500. The van der Waals surface area contributed by atoms with Crippen molar-refractivity contribution < 1.29 is 26.7 Å². The van der Waals surface area contributed by atoms with Gasteiger partial charge >= 0.3 is 6.18 Å². The van der Waals surface area contributed by atoms with Crippen LogP contribution in [0.4, 0.5) is 33.6 Å². The number of rotatable bonds is 6. The zero-order valence-electron chi connectivity index (χ0n) is 21.6. The quantitative estimate of drug-likeness (QED) is 0.165. The van der Waals surface area contributed by atoms with Crippen LogP contribution in [0.2, 0.25) is 10.0 Å². The van der Waals surface area contributed by atoms with Crippen LogP contribution in [-0.2, 0) is 6.54 Å². The molecule has 2 unspecified atom stereocenters. The highest BCUT2D eigenvalue weighted by Gasteiger charge is 2.41. The first-order valence-electron chi connectivity index (χ1n) is 13.2. The Labute approximate surface area is 242 Å². The van der Waals surface area contributed by atoms with Gasteiger partial charge in [-0.25, -0.2) is 13.8 Å². The molecule has 1 aromatic carbocycles. The molecule has 5 rings (SSSR count). The van der Waals surface area contributed by atoms with Gasteiger partial charge in [-0.2, -0.15) is 18.2 Å². The molecule has 3 aromatic rings. The number of imidazole rings is 1. The van der Waals surface area contributed by atoms with Gasteiger partial charge in [0.05, 0.1) is 39.4 Å². The lowest BCUT2D eigenvalue weighted by atomic mass is 9.85. The van der Waals surface area contributed by atoms with E-state index in [-0.39, 0.29) is 77.2 Å². The molecule has 3 heterocycles. The number of nitrogens with zero attached hydrogens (tertiary/aromatic N) is 2. The molecule has 2 atom stereocenters. The molecular weight excluding hydrogens is 592 g/mol. The summed E-state index contributed by atoms with van der Waals surface area (Å²) in [5.74, 6) is -2.55. The Morgan fingerprint density at radius 3 is 2.49 bits per heavy atom. The van der Waals surface area contributed by atoms with Crippen molar-refractivity contribution >= 4 is 51.9 Å². The van der Waals surface area contributed by atoms with Crippen molar-refractivity contribution in [1.82, 2.24) is 25.6 Å². The summed E-state index contributed by atoms with van der Waals surface area (Å²) in [6.07, 6.45) is -4.72. The van der Waals surface area contributed by atoms with Crippen LogP contribution in [0.5, 0.6) is 0 Å². The van der Waals surface area contributed by atoms with E-state index in [0.29, 0.717) is 24.0 Å². The Bertz CT molecular complexity index is 1440. The SMILES string of the molecule is NCc1cc(F)c(Cl)c(Nc2nc3nc(C4CC(F)CCN4)c(C(=O)NC4CCC(C(F)(F)F)CC4)cc3[nH]2)c1Cl. The molecule has 41 heavy (non-hydrogen) atoms. The van der Waals surface area contributed by atoms with Gasteiger partial charge in [-0.3, -0.25) is 4.79 Å². The summed E-state index contributed by atoms with van der Waals surface area (Å²) in [5, 5.41) is 8.70. The molecule has 1 amide bonds. The molecule has 15 heteroatoms. The molecule has 2 fully saturated rings. The summed E-state index contributed by atoms with van der Waals surface area (Å²) in [6, 6.07) is 1.62. The number of nitrogens with one attached hydrogen (secondary N) is 4. The number of benzene rings is 1. The highest BCUT2D eigenvalue weighted by molar-refractivity contribution is 6.39. The summed E-state index contributed by atoms with van der Waals surface area (Å²) in [7, 11) is 0. The molecule has 1 aliphatic carbocycles. The second kappa shape index (κ2) is 11.9. The average molecular weight is 620 g/mol. The topological polar surface area (TPSA) is 121 Å². The van der Waals surface area contributed by atoms with E-state index in [1.165, 1.54) is 6.07 Å². The molecule has 222 valence electrons. The third-order valence-corrected chi connectivity index (χ3v) is 8.44. The van der Waals surface area contributed by atoms with E-state index in [0.717, 1.165) is 6.07 Å². The van der Waals surface area contributed by atoms with Crippen LogP contribution in [0.1, 0.15) is 66.2 Å². The summed E-state index contributed by atoms with van der Waals surface area (Å²) < 4.78 is 68.0. The van der Waals surface area contributed by atoms with Crippen molar-refractivity contribution in [3.63, 3.8) is 0 Å². The number of carbonyl (C=O) groups excluding carboxylic acids is 1. The number of alkyl halides is 4. The fourth-order valence-electron chi connectivity index (χ4n) is 5.40. The minimum Gasteiger partial charge on any atom is -0.349 e. The second-order valence-electron chi connectivity index (χ2n) is 10.4. The highest BCUT2D eigenvalue weighted by Crippen LogP contribution is 2.39. The van der Waals surface area contributed by atoms with Crippen molar-refractivity contribution in [3.8, 4) is 0 Å². The van der Waals surface area contributed by atoms with Crippen molar-refractivity contribution in [2.75, 3.05) is 11.9 Å². The summed E-state index contributed by atoms with van der Waals surface area (Å²) >= 11 is 12.5. The first-order valence-corrected chi connectivity index (χ1v) is 14.0. The Kier molecular flexibility index (Phi) is 8.61. The first kappa shape index (κ1) is 29.7. The predicted octanol–water partition coefficient (Wildman–Crippen LogP) is 6.22. The number of aromatic amines is 1. The van der Waals surface area contributed by atoms with E-state index in [1.807, 2.05) is 0 Å². The van der Waals surface area contributed by atoms with Crippen molar-refractivity contribution in [2.45, 2.75) is 69.5 Å². The third-order valence-electron chi connectivity index (χ3n) is 7.64. The van der Waals surface area contributed by atoms with Crippen LogP contribution >= 0.6 is 23.2 Å². The van der Waals surface area contributed by atoms with Gasteiger partial charge in [0, 0.05) is 12.6 Å². The zero-order valence-corrected chi connectivity index (χ0v) is 23.2. The van der Waals surface area contributed by atoms with Crippen molar-refractivity contribution in [3.05, 3.63) is 44.8 Å². The fourth-order valence-corrected chi connectivity index (χ4v) is 5.92. The molecule has 2 aromatic heterocycles. The molecule has 1 saturated heterocycles. The van der Waals surface area contributed by atoms with Gasteiger partial charge in [-0.1, -0.05) is 23.2 Å². The maximum absolute atomic E-state index is 14.4. The molecule has 1 saturated carbocycles. The number of hydrogen-bond donors (Lipinski definition) is 5. The zero-order chi connectivity index (χ0) is 29.5. The van der Waals surface area contributed by atoms with Crippen molar-refractivity contribution in [1.29, 1.82) is 0 Å². The minimum atomic E-state index is -4.26. The highest BCUT2D eigenvalue weighted by atomic mass is 35.5. The van der Waals surface area contributed by atoms with Crippen LogP contribution in [0.15, 0.2) is 12.1 Å². The first-order chi connectivity index (χ1) is 19.4. The van der Waals surface area contributed by atoms with Gasteiger partial charge in [-0.15, -0.1) is 0 Å². The Morgan fingerprint density at radius 1 is 1.10 bits per heavy atom. The Morgan fingerprint density at radius 2 is 1.83 bits per heavy atom. The summed E-state index contributed by atoms with van der Waals surface area (Å²) in [6.45, 7) is 0.342. The number of pyridine rings is 1. The van der Waals surface area contributed by atoms with E-state index >= 15 is 0 Å². The lowest BCUT2D eigenvalue weighted by Gasteiger charge is -2.31. The van der Waals surface area contributed by atoms with E-state index in [1.54, 1.807) is 0 Å². The average Bonchev–Trinajstić information content (AvgIpc) is 3.33. The lowest BCUT2D eigenvalue weighted by Crippen LogP contribution is -2.41. The van der Waals surface area contributed by atoms with Crippen LogP contribution < -0.4 is 21.7 Å². The predicted molar refractivity (Wildman–Crippen MR) is 146 cm³/mol. The third kappa shape index (κ3) is 6.37. The van der Waals surface area contributed by atoms with Gasteiger partial charge in [0.15, 0.2) is 5.65 Å². The largest absolute Gasteiger partial charge is 0.391 e. The number of H-pyrrole nitrogens is 1. The molecule has 0 spiro atoms. The number of anilines is 2. The van der Waals surface area contributed by atoms with E-state index in [2.05, 4.69) is 30.9 Å². The van der Waals surface area contributed by atoms with E-state index < -0.39 is 42.1 Å². The number of fused-ring (bicyclic) bond motifs is 1. The van der Waals surface area contributed by atoms with Gasteiger partial charge in [0.2, 0.25) is 5.95 Å². The Balaban J connectivity index is 1.45. The number of hydrogen-bond acceptors (Lipinski definition) is 6. The maximum Gasteiger partial charge on any atom is 0.391 e. The van der Waals surface area contributed by atoms with Crippen LogP contribution in [-0.4, -0.2) is 45.8 Å². The van der Waals surface area contributed by atoms with Crippen LogP contribution in [0.25, 0.3) is 11.2 Å². The monoisotopic (exact) mass is 619 g/mol. The molecule has 6 N–H and O–H groups in total. The lowest BCUT2D eigenvalue weighted by molar-refractivity contribution is -0.182. The Hall–Kier alpha value is -2.74. The number of halogens is 7. The molecular formula is C26H28Cl2F5N7O. The molecule has 2 aliphatic rings. The molecule has 0 bridgehead atoms. The van der Waals surface area contributed by atoms with Crippen LogP contribution in [0, 0.1) is 11.7 Å². The van der Waals surface area contributed by atoms with Gasteiger partial charge in [-0.05, 0) is 62.8 Å². The van der Waals surface area contributed by atoms with Gasteiger partial charge in [0.1, 0.15) is 17.0 Å². The van der Waals surface area contributed by atoms with Gasteiger partial charge in [0.25, 0.3) is 5.91 Å². The minimum absolute atomic E-state index is 0.0348. The smallest absolute Gasteiger partial charge is 0.349 e. The number of piperidine rings is 1.